The lowest BCUT2D eigenvalue weighted by molar-refractivity contribution is -0.119. The molecule has 0 spiro atoms. The Morgan fingerprint density at radius 2 is 1.87 bits per heavy atom. The molecule has 4 rings (SSSR count). The van der Waals surface area contributed by atoms with E-state index in [-0.39, 0.29) is 15.6 Å². The van der Waals surface area contributed by atoms with Crippen molar-refractivity contribution in [1.29, 1.82) is 5.26 Å². The third-order valence-corrected chi connectivity index (χ3v) is 6.71. The second-order valence-electron chi connectivity index (χ2n) is 7.11. The summed E-state index contributed by atoms with van der Waals surface area (Å²) in [7, 11) is 0. The number of primary amides is 1. The zero-order valence-corrected chi connectivity index (χ0v) is 18.3. The summed E-state index contributed by atoms with van der Waals surface area (Å²) in [6.07, 6.45) is 0.619. The van der Waals surface area contributed by atoms with Crippen LogP contribution in [0.15, 0.2) is 30.3 Å². The maximum Gasteiger partial charge on any atom is 0.236 e. The van der Waals surface area contributed by atoms with Crippen LogP contribution in [0, 0.1) is 11.3 Å². The minimum Gasteiger partial charge on any atom is -0.368 e. The maximum atomic E-state index is 12.0. The number of rotatable bonds is 6. The molecule has 154 valence electrons. The van der Waals surface area contributed by atoms with E-state index in [1.165, 1.54) is 6.07 Å². The molecule has 2 aromatic rings. The van der Waals surface area contributed by atoms with Gasteiger partial charge in [-0.25, -0.2) is 0 Å². The van der Waals surface area contributed by atoms with Crippen LogP contribution in [-0.4, -0.2) is 47.2 Å². The number of carbonyl (C=O) groups is 2. The van der Waals surface area contributed by atoms with Crippen molar-refractivity contribution in [2.24, 2.45) is 5.73 Å². The molecule has 0 aromatic heterocycles. The number of hydrogen-bond acceptors (Lipinski definition) is 5. The second-order valence-corrected chi connectivity index (χ2v) is 8.74. The highest BCUT2D eigenvalue weighted by Gasteiger charge is 2.65. The van der Waals surface area contributed by atoms with Gasteiger partial charge >= 0.3 is 0 Å². The first-order valence-electron chi connectivity index (χ1n) is 8.89. The molecule has 2 heterocycles. The molecule has 10 heteroatoms. The average Bonchev–Trinajstić information content (AvgIpc) is 3.60. The first-order valence-corrected chi connectivity index (χ1v) is 10.4. The summed E-state index contributed by atoms with van der Waals surface area (Å²) >= 11 is 26.0. The molecular formula is C20H14Cl4N4O2. The van der Waals surface area contributed by atoms with Gasteiger partial charge in [-0.1, -0.05) is 52.5 Å². The van der Waals surface area contributed by atoms with Gasteiger partial charge in [-0.05, 0) is 24.3 Å². The molecule has 2 saturated heterocycles. The Morgan fingerprint density at radius 3 is 2.40 bits per heavy atom. The summed E-state index contributed by atoms with van der Waals surface area (Å²) < 4.78 is 0. The summed E-state index contributed by atoms with van der Waals surface area (Å²) in [6.45, 7) is 0.691. The topological polar surface area (TPSA) is 90.0 Å². The summed E-state index contributed by atoms with van der Waals surface area (Å²) in [4.78, 5) is 27.2. The van der Waals surface area contributed by atoms with Crippen molar-refractivity contribution < 1.29 is 9.59 Å². The Bertz CT molecular complexity index is 1120. The Balaban J connectivity index is 2.09. The minimum atomic E-state index is -1.28. The van der Waals surface area contributed by atoms with Crippen molar-refractivity contribution in [2.75, 3.05) is 13.1 Å². The zero-order valence-electron chi connectivity index (χ0n) is 15.3. The molecule has 6 nitrogen and oxygen atoms in total. The molecule has 30 heavy (non-hydrogen) atoms. The van der Waals surface area contributed by atoms with Crippen molar-refractivity contribution in [2.45, 2.75) is 17.7 Å². The van der Waals surface area contributed by atoms with Gasteiger partial charge in [0.2, 0.25) is 5.91 Å². The molecule has 5 atom stereocenters. The van der Waals surface area contributed by atoms with E-state index in [0.29, 0.717) is 40.5 Å². The van der Waals surface area contributed by atoms with Crippen molar-refractivity contribution in [3.05, 3.63) is 67.1 Å². The standard InChI is InChI=1S/C20H14Cl4N4O2/c21-11-2-3-13(15(23)5-11)20(27-7-12(27)6-25,28-8-16(28)19(26)30)17-14(22)4-1-10(9-29)18(17)24/h1-5,9,12,16H,7-8H2,(H2,26,30). The molecule has 0 aliphatic carbocycles. The zero-order chi connectivity index (χ0) is 21.8. The summed E-state index contributed by atoms with van der Waals surface area (Å²) in [6, 6.07) is 9.10. The van der Waals surface area contributed by atoms with Crippen molar-refractivity contribution in [1.82, 2.24) is 9.80 Å². The summed E-state index contributed by atoms with van der Waals surface area (Å²) in [5.74, 6) is -0.529. The third-order valence-electron chi connectivity index (χ3n) is 5.44. The maximum absolute atomic E-state index is 12.0. The van der Waals surface area contributed by atoms with Crippen LogP contribution in [0.2, 0.25) is 20.1 Å². The summed E-state index contributed by atoms with van der Waals surface area (Å²) in [5, 5.41) is 10.7. The van der Waals surface area contributed by atoms with Gasteiger partial charge in [0.1, 0.15) is 17.7 Å². The first-order chi connectivity index (χ1) is 14.3. The molecule has 2 fully saturated rings. The van der Waals surface area contributed by atoms with Gasteiger partial charge in [0.15, 0.2) is 6.29 Å². The SMILES string of the molecule is N#CC1CN1C(c1ccc(Cl)cc1Cl)(c1c(Cl)ccc(C=O)c1Cl)N1CC1C(N)=O. The van der Waals surface area contributed by atoms with Crippen molar-refractivity contribution >= 4 is 58.6 Å². The van der Waals surface area contributed by atoms with Gasteiger partial charge < -0.3 is 5.73 Å². The molecule has 0 saturated carbocycles. The highest BCUT2D eigenvalue weighted by molar-refractivity contribution is 6.38. The minimum absolute atomic E-state index is 0.113. The number of carbonyl (C=O) groups excluding carboxylic acids is 2. The monoisotopic (exact) mass is 482 g/mol. The lowest BCUT2D eigenvalue weighted by Gasteiger charge is -2.40. The van der Waals surface area contributed by atoms with Gasteiger partial charge in [0.05, 0.1) is 11.1 Å². The van der Waals surface area contributed by atoms with E-state index >= 15 is 0 Å². The predicted molar refractivity (Wildman–Crippen MR) is 115 cm³/mol. The second kappa shape index (κ2) is 7.69. The van der Waals surface area contributed by atoms with Crippen molar-refractivity contribution in [3.63, 3.8) is 0 Å². The fraction of sp³-hybridized carbons (Fsp3) is 0.250. The van der Waals surface area contributed by atoms with Crippen LogP contribution in [0.3, 0.4) is 0 Å². The molecule has 5 unspecified atom stereocenters. The number of aldehydes is 1. The third kappa shape index (κ3) is 3.18. The van der Waals surface area contributed by atoms with E-state index in [1.54, 1.807) is 29.2 Å². The van der Waals surface area contributed by atoms with Crippen molar-refractivity contribution in [3.8, 4) is 6.07 Å². The molecule has 2 N–H and O–H groups in total. The van der Waals surface area contributed by atoms with Gasteiger partial charge in [-0.3, -0.25) is 19.4 Å². The Hall–Kier alpha value is -1.85. The Morgan fingerprint density at radius 1 is 1.13 bits per heavy atom. The van der Waals surface area contributed by atoms with Crippen LogP contribution in [0.25, 0.3) is 0 Å². The van der Waals surface area contributed by atoms with Crippen LogP contribution in [0.1, 0.15) is 21.5 Å². The highest BCUT2D eigenvalue weighted by Crippen LogP contribution is 2.56. The summed E-state index contributed by atoms with van der Waals surface area (Å²) in [5.41, 5.74) is 5.41. The molecule has 2 aliphatic rings. The quantitative estimate of drug-likeness (QED) is 0.499. The lowest BCUT2D eigenvalue weighted by atomic mass is 9.88. The highest BCUT2D eigenvalue weighted by atomic mass is 35.5. The number of nitriles is 1. The first kappa shape index (κ1) is 21.4. The lowest BCUT2D eigenvalue weighted by Crippen LogP contribution is -2.48. The number of hydrogen-bond donors (Lipinski definition) is 1. The number of benzene rings is 2. The molecule has 0 radical (unpaired) electrons. The van der Waals surface area contributed by atoms with Crippen LogP contribution in [-0.2, 0) is 10.5 Å². The number of nitrogens with two attached hydrogens (primary N) is 1. The molecule has 2 aromatic carbocycles. The van der Waals surface area contributed by atoms with E-state index in [4.69, 9.17) is 52.1 Å². The van der Waals surface area contributed by atoms with Crippen LogP contribution < -0.4 is 5.73 Å². The van der Waals surface area contributed by atoms with Gasteiger partial charge in [-0.2, -0.15) is 5.26 Å². The number of amides is 1. The molecule has 2 aliphatic heterocycles. The van der Waals surface area contributed by atoms with E-state index < -0.39 is 23.7 Å². The largest absolute Gasteiger partial charge is 0.368 e. The normalized spacial score (nSPS) is 26.4. The van der Waals surface area contributed by atoms with Gasteiger partial charge in [0.25, 0.3) is 0 Å². The van der Waals surface area contributed by atoms with Crippen LogP contribution >= 0.6 is 46.4 Å². The fourth-order valence-corrected chi connectivity index (χ4v) is 5.21. The average molecular weight is 484 g/mol. The van der Waals surface area contributed by atoms with Gasteiger partial charge in [0, 0.05) is 44.8 Å². The number of halogens is 4. The van der Waals surface area contributed by atoms with Gasteiger partial charge in [-0.15, -0.1) is 0 Å². The van der Waals surface area contributed by atoms with Crippen LogP contribution in [0.4, 0.5) is 0 Å². The number of nitrogens with zero attached hydrogens (tertiary/aromatic N) is 3. The Labute approximate surface area is 192 Å². The van der Waals surface area contributed by atoms with E-state index in [2.05, 4.69) is 6.07 Å². The smallest absolute Gasteiger partial charge is 0.236 e. The Kier molecular flexibility index (Phi) is 5.48. The van der Waals surface area contributed by atoms with E-state index in [9.17, 15) is 14.9 Å². The fourth-order valence-electron chi connectivity index (χ4n) is 4.00. The predicted octanol–water partition coefficient (Wildman–Crippen LogP) is 3.69. The molecule has 1 amide bonds. The molecular weight excluding hydrogens is 470 g/mol. The van der Waals surface area contributed by atoms with Crippen LogP contribution in [0.5, 0.6) is 0 Å². The van der Waals surface area contributed by atoms with E-state index in [0.717, 1.165) is 0 Å². The van der Waals surface area contributed by atoms with E-state index in [1.807, 2.05) is 4.90 Å². The molecule has 0 bridgehead atoms.